The molecule has 4 heterocycles. The lowest BCUT2D eigenvalue weighted by Crippen LogP contribution is -2.38. The van der Waals surface area contributed by atoms with E-state index in [2.05, 4.69) is 20.8 Å². The monoisotopic (exact) mass is 436 g/mol. The average Bonchev–Trinajstić information content (AvgIpc) is 3.20. The Labute approximate surface area is 186 Å². The number of morpholine rings is 1. The highest BCUT2D eigenvalue weighted by Gasteiger charge is 2.20. The number of ether oxygens (including phenoxy) is 2. The lowest BCUT2D eigenvalue weighted by atomic mass is 10.2. The van der Waals surface area contributed by atoms with E-state index in [1.54, 1.807) is 16.9 Å². The molecule has 1 aliphatic rings. The van der Waals surface area contributed by atoms with Gasteiger partial charge in [-0.3, -0.25) is 14.4 Å². The Morgan fingerprint density at radius 2 is 2.09 bits per heavy atom. The van der Waals surface area contributed by atoms with E-state index in [4.69, 9.17) is 26.0 Å². The molecule has 0 spiro atoms. The summed E-state index contributed by atoms with van der Waals surface area (Å²) in [5, 5.41) is 4.69. The van der Waals surface area contributed by atoms with Crippen LogP contribution in [0.25, 0.3) is 22.4 Å². The van der Waals surface area contributed by atoms with Gasteiger partial charge in [0.05, 0.1) is 37.6 Å². The highest BCUT2D eigenvalue weighted by molar-refractivity contribution is 5.79. The number of nitrogens with one attached hydrogen (secondary N) is 1. The van der Waals surface area contributed by atoms with E-state index < -0.39 is 0 Å². The van der Waals surface area contributed by atoms with Gasteiger partial charge in [-0.2, -0.15) is 5.10 Å². The highest BCUT2D eigenvalue weighted by atomic mass is 16.5. The molecular formula is C23H28N6O3. The van der Waals surface area contributed by atoms with Crippen LogP contribution in [-0.4, -0.2) is 69.1 Å². The molecule has 0 unspecified atom stereocenters. The smallest absolute Gasteiger partial charge is 0.277 e. The van der Waals surface area contributed by atoms with Crippen molar-refractivity contribution in [1.29, 1.82) is 0 Å². The number of aromatic amines is 1. The van der Waals surface area contributed by atoms with Crippen LogP contribution in [0.4, 0.5) is 0 Å². The van der Waals surface area contributed by atoms with E-state index in [0.717, 1.165) is 45.0 Å². The molecule has 0 bridgehead atoms. The number of rotatable bonds is 8. The quantitative estimate of drug-likeness (QED) is 0.538. The maximum Gasteiger partial charge on any atom is 0.277 e. The summed E-state index contributed by atoms with van der Waals surface area (Å²) in [4.78, 5) is 27.5. The van der Waals surface area contributed by atoms with Crippen molar-refractivity contribution in [2.45, 2.75) is 33.2 Å². The average molecular weight is 437 g/mol. The third-order valence-corrected chi connectivity index (χ3v) is 5.45. The molecule has 168 valence electrons. The van der Waals surface area contributed by atoms with E-state index in [-0.39, 0.29) is 5.56 Å². The van der Waals surface area contributed by atoms with Crippen LogP contribution >= 0.6 is 0 Å². The first-order chi connectivity index (χ1) is 15.6. The summed E-state index contributed by atoms with van der Waals surface area (Å²) < 4.78 is 13.0. The third-order valence-electron chi connectivity index (χ3n) is 5.45. The normalized spacial score (nSPS) is 14.5. The van der Waals surface area contributed by atoms with E-state index in [9.17, 15) is 4.79 Å². The number of hydrogen-bond donors (Lipinski definition) is 1. The molecule has 3 aromatic heterocycles. The minimum absolute atomic E-state index is 0.244. The highest BCUT2D eigenvalue weighted by Crippen LogP contribution is 2.27. The summed E-state index contributed by atoms with van der Waals surface area (Å²) in [7, 11) is 0. The van der Waals surface area contributed by atoms with Gasteiger partial charge in [0, 0.05) is 31.4 Å². The molecule has 9 heteroatoms. The molecule has 32 heavy (non-hydrogen) atoms. The van der Waals surface area contributed by atoms with E-state index in [0.29, 0.717) is 53.4 Å². The maximum absolute atomic E-state index is 13.2. The van der Waals surface area contributed by atoms with E-state index >= 15 is 0 Å². The van der Waals surface area contributed by atoms with Gasteiger partial charge in [0.15, 0.2) is 5.52 Å². The fraction of sp³-hybridized carbons (Fsp3) is 0.478. The maximum atomic E-state index is 13.2. The number of nitrogens with zero attached hydrogens (tertiary/aromatic N) is 5. The van der Waals surface area contributed by atoms with Gasteiger partial charge in [-0.15, -0.1) is 6.42 Å². The molecule has 0 aliphatic carbocycles. The Bertz CT molecular complexity index is 1190. The van der Waals surface area contributed by atoms with Crippen molar-refractivity contribution in [3.8, 4) is 29.6 Å². The van der Waals surface area contributed by atoms with Gasteiger partial charge < -0.3 is 14.5 Å². The third kappa shape index (κ3) is 4.52. The Morgan fingerprint density at radius 3 is 2.81 bits per heavy atom. The summed E-state index contributed by atoms with van der Waals surface area (Å²) >= 11 is 0. The zero-order valence-electron chi connectivity index (χ0n) is 18.6. The molecular weight excluding hydrogens is 408 g/mol. The first-order valence-electron chi connectivity index (χ1n) is 11.0. The van der Waals surface area contributed by atoms with Crippen molar-refractivity contribution in [3.63, 3.8) is 0 Å². The molecule has 4 rings (SSSR count). The van der Waals surface area contributed by atoms with Gasteiger partial charge in [0.25, 0.3) is 5.56 Å². The molecule has 1 aliphatic heterocycles. The van der Waals surface area contributed by atoms with Crippen molar-refractivity contribution in [3.05, 3.63) is 33.9 Å². The standard InChI is InChI=1S/C23H28N6O3/c1-4-11-32-23-17(14-16(5-2)15-24-23)21-25-19-18(6-3)27-29(20(19)22(30)26-21)8-7-28-9-12-31-13-10-28/h2,14-15H,4,6-13H2,1,3H3,(H,25,26,30). The molecule has 1 N–H and O–H groups in total. The Kier molecular flexibility index (Phi) is 6.83. The number of fused-ring (bicyclic) bond motifs is 1. The number of H-pyrrole nitrogens is 1. The minimum Gasteiger partial charge on any atom is -0.477 e. The molecule has 0 amide bonds. The van der Waals surface area contributed by atoms with Crippen LogP contribution < -0.4 is 10.3 Å². The zero-order chi connectivity index (χ0) is 22.5. The molecule has 1 fully saturated rings. The van der Waals surface area contributed by atoms with Gasteiger partial charge in [-0.05, 0) is 18.9 Å². The second-order valence-corrected chi connectivity index (χ2v) is 7.66. The molecule has 1 saturated heterocycles. The van der Waals surface area contributed by atoms with Crippen molar-refractivity contribution in [2.75, 3.05) is 39.5 Å². The summed E-state index contributed by atoms with van der Waals surface area (Å²) in [5.74, 6) is 3.35. The fourth-order valence-electron chi connectivity index (χ4n) is 3.75. The fourth-order valence-corrected chi connectivity index (χ4v) is 3.75. The number of terminal acetylenes is 1. The molecule has 0 radical (unpaired) electrons. The molecule has 3 aromatic rings. The summed E-state index contributed by atoms with van der Waals surface area (Å²) in [6.45, 7) is 9.18. The second kappa shape index (κ2) is 9.94. The van der Waals surface area contributed by atoms with Crippen molar-refractivity contribution >= 4 is 11.0 Å². The van der Waals surface area contributed by atoms with Crippen molar-refractivity contribution in [2.24, 2.45) is 0 Å². The minimum atomic E-state index is -0.244. The molecule has 0 atom stereocenters. The number of pyridine rings is 1. The summed E-state index contributed by atoms with van der Waals surface area (Å²) in [5.41, 5.74) is 2.77. The SMILES string of the molecule is C#Cc1cnc(OCCC)c(-c2nc3c(CC)nn(CCN4CCOCC4)c3c(=O)[nH]2)c1. The number of aryl methyl sites for hydroxylation is 1. The van der Waals surface area contributed by atoms with Gasteiger partial charge in [0.2, 0.25) is 5.88 Å². The van der Waals surface area contributed by atoms with Crippen LogP contribution in [0.15, 0.2) is 17.1 Å². The van der Waals surface area contributed by atoms with Gasteiger partial charge in [0.1, 0.15) is 11.3 Å². The molecule has 9 nitrogen and oxygen atoms in total. The number of hydrogen-bond acceptors (Lipinski definition) is 7. The topological polar surface area (TPSA) is 98.2 Å². The van der Waals surface area contributed by atoms with Crippen molar-refractivity contribution < 1.29 is 9.47 Å². The van der Waals surface area contributed by atoms with E-state index in [1.807, 2.05) is 13.8 Å². The summed E-state index contributed by atoms with van der Waals surface area (Å²) in [6.07, 6.45) is 8.63. The lowest BCUT2D eigenvalue weighted by molar-refractivity contribution is 0.0361. The van der Waals surface area contributed by atoms with Gasteiger partial charge in [-0.1, -0.05) is 19.8 Å². The molecule has 0 saturated carbocycles. The van der Waals surface area contributed by atoms with Crippen molar-refractivity contribution in [1.82, 2.24) is 29.6 Å². The van der Waals surface area contributed by atoms with E-state index in [1.165, 1.54) is 0 Å². The Morgan fingerprint density at radius 1 is 1.28 bits per heavy atom. The van der Waals surface area contributed by atoms with Crippen LogP contribution in [-0.2, 0) is 17.7 Å². The van der Waals surface area contributed by atoms with Crippen LogP contribution in [0.2, 0.25) is 0 Å². The van der Waals surface area contributed by atoms with Crippen LogP contribution in [0, 0.1) is 12.3 Å². The van der Waals surface area contributed by atoms with Crippen LogP contribution in [0.3, 0.4) is 0 Å². The van der Waals surface area contributed by atoms with Crippen LogP contribution in [0.5, 0.6) is 5.88 Å². The Hall–Kier alpha value is -3.22. The largest absolute Gasteiger partial charge is 0.477 e. The van der Waals surface area contributed by atoms with Crippen LogP contribution in [0.1, 0.15) is 31.5 Å². The predicted octanol–water partition coefficient (Wildman–Crippen LogP) is 1.85. The number of aromatic nitrogens is 5. The zero-order valence-corrected chi connectivity index (χ0v) is 18.6. The summed E-state index contributed by atoms with van der Waals surface area (Å²) in [6, 6.07) is 1.76. The van der Waals surface area contributed by atoms with Gasteiger partial charge in [-0.25, -0.2) is 9.97 Å². The van der Waals surface area contributed by atoms with Gasteiger partial charge >= 0.3 is 0 Å². The first kappa shape index (κ1) is 22.0. The second-order valence-electron chi connectivity index (χ2n) is 7.66. The first-order valence-corrected chi connectivity index (χ1v) is 11.0. The Balaban J connectivity index is 1.74. The molecule has 0 aromatic carbocycles. The lowest BCUT2D eigenvalue weighted by Gasteiger charge is -2.26. The predicted molar refractivity (Wildman–Crippen MR) is 122 cm³/mol.